The average molecular weight is 334 g/mol. The van der Waals surface area contributed by atoms with Gasteiger partial charge in [0.1, 0.15) is 0 Å². The first-order chi connectivity index (χ1) is 11.7. The summed E-state index contributed by atoms with van der Waals surface area (Å²) >= 11 is 0. The Labute approximate surface area is 149 Å². The fraction of sp³-hybridized carbons (Fsp3) is 0.909. The van der Waals surface area contributed by atoms with Crippen LogP contribution in [-0.2, 0) is 0 Å². The SMILES string of the molecule is C1CCCC1.CC(C)N1C=C(C2CCC(O)CC2)C2CCCCC21. The van der Waals surface area contributed by atoms with Gasteiger partial charge < -0.3 is 10.0 Å². The van der Waals surface area contributed by atoms with E-state index in [-0.39, 0.29) is 6.10 Å². The molecule has 3 fully saturated rings. The molecule has 0 saturated heterocycles. The number of hydrogen-bond donors (Lipinski definition) is 1. The van der Waals surface area contributed by atoms with E-state index in [2.05, 4.69) is 24.9 Å². The summed E-state index contributed by atoms with van der Waals surface area (Å²) in [6.45, 7) is 4.66. The third-order valence-corrected chi connectivity index (χ3v) is 6.85. The van der Waals surface area contributed by atoms with E-state index >= 15 is 0 Å². The van der Waals surface area contributed by atoms with Gasteiger partial charge in [-0.3, -0.25) is 0 Å². The largest absolute Gasteiger partial charge is 0.393 e. The first-order valence-corrected chi connectivity index (χ1v) is 10.8. The smallest absolute Gasteiger partial charge is 0.0540 e. The minimum atomic E-state index is -0.0263. The van der Waals surface area contributed by atoms with E-state index < -0.39 is 0 Å². The van der Waals surface area contributed by atoms with Crippen molar-refractivity contribution < 1.29 is 5.11 Å². The second-order valence-corrected chi connectivity index (χ2v) is 8.90. The minimum Gasteiger partial charge on any atom is -0.393 e. The molecule has 4 aliphatic rings. The lowest BCUT2D eigenvalue weighted by atomic mass is 9.73. The maximum atomic E-state index is 9.71. The van der Waals surface area contributed by atoms with Crippen LogP contribution < -0.4 is 0 Å². The van der Waals surface area contributed by atoms with Crippen LogP contribution in [0.1, 0.15) is 97.3 Å². The molecule has 0 aromatic rings. The highest BCUT2D eigenvalue weighted by Crippen LogP contribution is 2.46. The molecule has 2 heteroatoms. The molecular weight excluding hydrogens is 294 g/mol. The van der Waals surface area contributed by atoms with Crippen molar-refractivity contribution in [3.8, 4) is 0 Å². The molecule has 24 heavy (non-hydrogen) atoms. The zero-order valence-electron chi connectivity index (χ0n) is 16.1. The van der Waals surface area contributed by atoms with Crippen molar-refractivity contribution in [1.29, 1.82) is 0 Å². The van der Waals surface area contributed by atoms with Gasteiger partial charge in [-0.25, -0.2) is 0 Å². The van der Waals surface area contributed by atoms with E-state index in [1.807, 2.05) is 0 Å². The Morgan fingerprint density at radius 1 is 0.833 bits per heavy atom. The van der Waals surface area contributed by atoms with E-state index in [9.17, 15) is 5.11 Å². The number of hydrogen-bond acceptors (Lipinski definition) is 2. The van der Waals surface area contributed by atoms with Gasteiger partial charge in [0.05, 0.1) is 6.10 Å². The lowest BCUT2D eigenvalue weighted by Crippen LogP contribution is -2.38. The van der Waals surface area contributed by atoms with E-state index in [4.69, 9.17) is 0 Å². The van der Waals surface area contributed by atoms with Crippen LogP contribution in [0.3, 0.4) is 0 Å². The van der Waals surface area contributed by atoms with Gasteiger partial charge in [-0.1, -0.05) is 44.9 Å². The molecule has 0 radical (unpaired) electrons. The predicted molar refractivity (Wildman–Crippen MR) is 102 cm³/mol. The van der Waals surface area contributed by atoms with E-state index in [0.717, 1.165) is 30.7 Å². The second-order valence-electron chi connectivity index (χ2n) is 8.90. The predicted octanol–water partition coefficient (Wildman–Crippen LogP) is 5.65. The summed E-state index contributed by atoms with van der Waals surface area (Å²) in [5, 5.41) is 9.71. The summed E-state index contributed by atoms with van der Waals surface area (Å²) in [4.78, 5) is 2.64. The van der Waals surface area contributed by atoms with Gasteiger partial charge in [-0.05, 0) is 70.1 Å². The zero-order valence-corrected chi connectivity index (χ0v) is 16.1. The number of aliphatic hydroxyl groups excluding tert-OH is 1. The summed E-state index contributed by atoms with van der Waals surface area (Å²) in [7, 11) is 0. The molecule has 1 N–H and O–H groups in total. The Balaban J connectivity index is 0.000000290. The van der Waals surface area contributed by atoms with Crippen molar-refractivity contribution in [2.45, 2.75) is 116 Å². The molecule has 0 amide bonds. The van der Waals surface area contributed by atoms with Crippen LogP contribution in [-0.4, -0.2) is 28.2 Å². The lowest BCUT2D eigenvalue weighted by molar-refractivity contribution is 0.111. The highest BCUT2D eigenvalue weighted by molar-refractivity contribution is 5.22. The lowest BCUT2D eigenvalue weighted by Gasteiger charge is -2.37. The Hall–Kier alpha value is -0.500. The summed E-state index contributed by atoms with van der Waals surface area (Å²) in [5.74, 6) is 1.59. The van der Waals surface area contributed by atoms with Gasteiger partial charge in [-0.15, -0.1) is 0 Å². The van der Waals surface area contributed by atoms with Crippen molar-refractivity contribution in [3.05, 3.63) is 11.8 Å². The van der Waals surface area contributed by atoms with Gasteiger partial charge in [-0.2, -0.15) is 0 Å². The molecule has 4 rings (SSSR count). The molecule has 3 saturated carbocycles. The number of rotatable bonds is 2. The van der Waals surface area contributed by atoms with Crippen molar-refractivity contribution in [3.63, 3.8) is 0 Å². The molecule has 2 nitrogen and oxygen atoms in total. The molecule has 1 aliphatic heterocycles. The third kappa shape index (κ3) is 4.36. The highest BCUT2D eigenvalue weighted by atomic mass is 16.3. The molecule has 1 heterocycles. The first kappa shape index (κ1) is 18.3. The monoisotopic (exact) mass is 333 g/mol. The molecule has 0 bridgehead atoms. The van der Waals surface area contributed by atoms with Crippen molar-refractivity contribution in [2.75, 3.05) is 0 Å². The van der Waals surface area contributed by atoms with Gasteiger partial charge in [0.25, 0.3) is 0 Å². The Bertz CT molecular complexity index is 397. The van der Waals surface area contributed by atoms with Crippen LogP contribution >= 0.6 is 0 Å². The first-order valence-electron chi connectivity index (χ1n) is 10.8. The topological polar surface area (TPSA) is 23.5 Å². The molecule has 0 aromatic carbocycles. The van der Waals surface area contributed by atoms with E-state index in [0.29, 0.717) is 6.04 Å². The standard InChI is InChI=1S/C17H29NO.C5H10/c1-12(2)18-11-16(13-7-9-14(19)10-8-13)15-5-3-4-6-17(15)18;1-2-4-5-3-1/h11-15,17,19H,3-10H2,1-2H3;1-5H2. The van der Waals surface area contributed by atoms with Crippen LogP contribution in [0.15, 0.2) is 11.8 Å². The van der Waals surface area contributed by atoms with Gasteiger partial charge in [0.2, 0.25) is 0 Å². The van der Waals surface area contributed by atoms with Crippen LogP contribution in [0.25, 0.3) is 0 Å². The van der Waals surface area contributed by atoms with Crippen LogP contribution in [0, 0.1) is 11.8 Å². The Morgan fingerprint density at radius 2 is 1.42 bits per heavy atom. The van der Waals surface area contributed by atoms with Crippen molar-refractivity contribution in [1.82, 2.24) is 4.90 Å². The van der Waals surface area contributed by atoms with Crippen LogP contribution in [0.5, 0.6) is 0 Å². The Kier molecular flexibility index (Phi) is 6.66. The van der Waals surface area contributed by atoms with Crippen molar-refractivity contribution >= 4 is 0 Å². The molecule has 138 valence electrons. The summed E-state index contributed by atoms with van der Waals surface area (Å²) < 4.78 is 0. The van der Waals surface area contributed by atoms with Crippen LogP contribution in [0.4, 0.5) is 0 Å². The van der Waals surface area contributed by atoms with Gasteiger partial charge in [0.15, 0.2) is 0 Å². The van der Waals surface area contributed by atoms with Gasteiger partial charge in [0, 0.05) is 18.0 Å². The van der Waals surface area contributed by atoms with Gasteiger partial charge >= 0.3 is 0 Å². The summed E-state index contributed by atoms with van der Waals surface area (Å²) in [5.41, 5.74) is 1.74. The normalized spacial score (nSPS) is 36.2. The number of aliphatic hydroxyl groups is 1. The Morgan fingerprint density at radius 3 is 2.00 bits per heavy atom. The van der Waals surface area contributed by atoms with E-state index in [1.54, 1.807) is 5.57 Å². The molecule has 0 spiro atoms. The molecule has 2 atom stereocenters. The molecular formula is C22H39NO. The molecule has 2 unspecified atom stereocenters. The average Bonchev–Trinajstić information content (AvgIpc) is 3.27. The number of nitrogens with zero attached hydrogens (tertiary/aromatic N) is 1. The molecule has 0 aromatic heterocycles. The fourth-order valence-corrected chi connectivity index (χ4v) is 5.45. The highest BCUT2D eigenvalue weighted by Gasteiger charge is 2.40. The maximum Gasteiger partial charge on any atom is 0.0540 e. The fourth-order valence-electron chi connectivity index (χ4n) is 5.45. The molecule has 3 aliphatic carbocycles. The summed E-state index contributed by atoms with van der Waals surface area (Å²) in [6.07, 6.45) is 20.1. The third-order valence-electron chi connectivity index (χ3n) is 6.85. The quantitative estimate of drug-likeness (QED) is 0.705. The number of fused-ring (bicyclic) bond motifs is 1. The second kappa shape index (κ2) is 8.74. The minimum absolute atomic E-state index is 0.0263. The maximum absolute atomic E-state index is 9.71. The summed E-state index contributed by atoms with van der Waals surface area (Å²) in [6, 6.07) is 1.42. The van der Waals surface area contributed by atoms with E-state index in [1.165, 1.54) is 70.6 Å². The van der Waals surface area contributed by atoms with Crippen LogP contribution in [0.2, 0.25) is 0 Å². The zero-order chi connectivity index (χ0) is 16.9. The van der Waals surface area contributed by atoms with Crippen molar-refractivity contribution in [2.24, 2.45) is 11.8 Å².